The molecule has 0 spiro atoms. The van der Waals surface area contributed by atoms with Gasteiger partial charge in [0, 0.05) is 35.8 Å². The smallest absolute Gasteiger partial charge is 0.162 e. The van der Waals surface area contributed by atoms with Crippen molar-refractivity contribution in [2.24, 2.45) is 0 Å². The van der Waals surface area contributed by atoms with E-state index in [-0.39, 0.29) is 32.6 Å². The van der Waals surface area contributed by atoms with Crippen LogP contribution in [0, 0.1) is 5.82 Å². The molecule has 1 unspecified atom stereocenters. The molecule has 0 radical (unpaired) electrons. The van der Waals surface area contributed by atoms with Crippen molar-refractivity contribution < 1.29 is 19.0 Å². The van der Waals surface area contributed by atoms with Crippen LogP contribution in [-0.2, 0) is 32.7 Å². The second-order valence-corrected chi connectivity index (χ2v) is 9.03. The van der Waals surface area contributed by atoms with Gasteiger partial charge in [-0.25, -0.2) is 4.39 Å². The molecule has 3 aromatic carbocycles. The Kier molecular flexibility index (Phi) is 6.26. The highest BCUT2D eigenvalue weighted by molar-refractivity contribution is 5.86. The van der Waals surface area contributed by atoms with Crippen molar-refractivity contribution in [2.75, 3.05) is 13.7 Å². The first-order valence-electron chi connectivity index (χ1n) is 11.7. The Morgan fingerprint density at radius 3 is 2.66 bits per heavy atom. The number of benzene rings is 3. The minimum atomic E-state index is -0.273. The van der Waals surface area contributed by atoms with E-state index in [2.05, 4.69) is 35.2 Å². The number of hydrogen-bond donors (Lipinski definition) is 1. The van der Waals surface area contributed by atoms with E-state index in [0.717, 1.165) is 31.4 Å². The summed E-state index contributed by atoms with van der Waals surface area (Å²) in [5, 5.41) is 11.3. The van der Waals surface area contributed by atoms with Crippen molar-refractivity contribution >= 4 is 10.9 Å². The molecule has 1 atom stereocenters. The van der Waals surface area contributed by atoms with Crippen molar-refractivity contribution in [1.82, 2.24) is 9.47 Å². The van der Waals surface area contributed by atoms with Crippen LogP contribution in [0.15, 0.2) is 60.7 Å². The normalized spacial score (nSPS) is 16.7. The van der Waals surface area contributed by atoms with Crippen LogP contribution in [0.4, 0.5) is 4.39 Å². The molecule has 2 aliphatic rings. The largest absolute Gasteiger partial charge is 0.493 e. The minimum absolute atomic E-state index is 0. The molecular weight excluding hydrogens is 443 g/mol. The summed E-state index contributed by atoms with van der Waals surface area (Å²) in [7, 11) is 1.64. The number of para-hydroxylation sites is 1. The molecular formula is C29H31FN2O3. The van der Waals surface area contributed by atoms with Gasteiger partial charge in [-0.05, 0) is 53.8 Å². The number of halogens is 1. The van der Waals surface area contributed by atoms with Gasteiger partial charge >= 0.3 is 0 Å². The number of hydrogen-bond acceptors (Lipinski definition) is 4. The van der Waals surface area contributed by atoms with Crippen molar-refractivity contribution in [3.8, 4) is 11.5 Å². The predicted octanol–water partition coefficient (Wildman–Crippen LogP) is 5.61. The van der Waals surface area contributed by atoms with Crippen LogP contribution in [0.25, 0.3) is 10.9 Å². The standard InChI is InChI=1S/C28H27FN2O3.CH4/c1-33-27-12-18-10-11-30-15-26-22(20-7-3-5-9-24(20)31(26)17-32)13-25(30)21(18)14-28(27)34-16-19-6-2-4-8-23(19)29;/h2-9,12,14,25,32H,10-11,13,15-17H2,1H3;1H4. The van der Waals surface area contributed by atoms with Gasteiger partial charge in [-0.15, -0.1) is 0 Å². The maximum absolute atomic E-state index is 14.1. The quantitative estimate of drug-likeness (QED) is 0.409. The van der Waals surface area contributed by atoms with E-state index >= 15 is 0 Å². The number of aliphatic hydroxyl groups is 1. The van der Waals surface area contributed by atoms with Crippen LogP contribution in [0.3, 0.4) is 0 Å². The lowest BCUT2D eigenvalue weighted by Crippen LogP contribution is -2.39. The Morgan fingerprint density at radius 2 is 1.86 bits per heavy atom. The summed E-state index contributed by atoms with van der Waals surface area (Å²) < 4.78 is 27.9. The predicted molar refractivity (Wildman–Crippen MR) is 135 cm³/mol. The van der Waals surface area contributed by atoms with Crippen molar-refractivity contribution in [1.29, 1.82) is 0 Å². The van der Waals surface area contributed by atoms with Gasteiger partial charge in [-0.3, -0.25) is 4.90 Å². The van der Waals surface area contributed by atoms with E-state index in [1.165, 1.54) is 33.8 Å². The fraction of sp³-hybridized carbons (Fsp3) is 0.310. The number of ether oxygens (including phenoxy) is 2. The number of aromatic nitrogens is 1. The third-order valence-corrected chi connectivity index (χ3v) is 7.32. The summed E-state index contributed by atoms with van der Waals surface area (Å²) in [5.41, 5.74) is 6.62. The molecule has 1 aromatic heterocycles. The zero-order valence-electron chi connectivity index (χ0n) is 19.1. The summed E-state index contributed by atoms with van der Waals surface area (Å²) in [5.74, 6) is 1.04. The average Bonchev–Trinajstić information content (AvgIpc) is 3.19. The molecule has 0 amide bonds. The van der Waals surface area contributed by atoms with Gasteiger partial charge < -0.3 is 19.1 Å². The van der Waals surface area contributed by atoms with Crippen molar-refractivity contribution in [2.45, 2.75) is 46.2 Å². The lowest BCUT2D eigenvalue weighted by Gasteiger charge is -2.41. The van der Waals surface area contributed by atoms with Gasteiger partial charge in [0.15, 0.2) is 11.5 Å². The number of rotatable bonds is 5. The van der Waals surface area contributed by atoms with Gasteiger partial charge in [-0.1, -0.05) is 43.8 Å². The third kappa shape index (κ3) is 3.87. The van der Waals surface area contributed by atoms with Crippen molar-refractivity contribution in [3.05, 3.63) is 94.4 Å². The maximum Gasteiger partial charge on any atom is 0.162 e. The van der Waals surface area contributed by atoms with E-state index < -0.39 is 0 Å². The molecule has 6 rings (SSSR count). The Labute approximate surface area is 205 Å². The third-order valence-electron chi connectivity index (χ3n) is 7.32. The molecule has 182 valence electrons. The molecule has 4 aromatic rings. The van der Waals surface area contributed by atoms with E-state index in [1.807, 2.05) is 16.7 Å². The Morgan fingerprint density at radius 1 is 1.06 bits per heavy atom. The lowest BCUT2D eigenvalue weighted by atomic mass is 9.85. The molecule has 3 heterocycles. The molecule has 5 nitrogen and oxygen atoms in total. The fourth-order valence-electron chi connectivity index (χ4n) is 5.62. The molecule has 0 fully saturated rings. The first-order chi connectivity index (χ1) is 16.7. The summed E-state index contributed by atoms with van der Waals surface area (Å²) in [6.45, 7) is 1.87. The Hall–Kier alpha value is -3.35. The number of nitrogens with zero attached hydrogens (tertiary/aromatic N) is 2. The highest BCUT2D eigenvalue weighted by Gasteiger charge is 2.35. The highest BCUT2D eigenvalue weighted by Crippen LogP contribution is 2.44. The topological polar surface area (TPSA) is 46.9 Å². The van der Waals surface area contributed by atoms with Gasteiger partial charge in [-0.2, -0.15) is 0 Å². The minimum Gasteiger partial charge on any atom is -0.493 e. The van der Waals surface area contributed by atoms with Gasteiger partial charge in [0.25, 0.3) is 0 Å². The van der Waals surface area contributed by atoms with E-state index in [1.54, 1.807) is 19.2 Å². The zero-order valence-corrected chi connectivity index (χ0v) is 19.1. The molecule has 6 heteroatoms. The lowest BCUT2D eigenvalue weighted by molar-refractivity contribution is 0.145. The van der Waals surface area contributed by atoms with Gasteiger partial charge in [0.2, 0.25) is 0 Å². The molecule has 0 bridgehead atoms. The van der Waals surface area contributed by atoms with Gasteiger partial charge in [0.05, 0.1) is 12.6 Å². The van der Waals surface area contributed by atoms with Crippen LogP contribution in [0.1, 0.15) is 41.4 Å². The fourth-order valence-corrected chi connectivity index (χ4v) is 5.62. The average molecular weight is 475 g/mol. The first-order valence-corrected chi connectivity index (χ1v) is 11.7. The zero-order chi connectivity index (χ0) is 23.2. The van der Waals surface area contributed by atoms with Crippen molar-refractivity contribution in [3.63, 3.8) is 0 Å². The monoisotopic (exact) mass is 474 g/mol. The summed E-state index contributed by atoms with van der Waals surface area (Å²) in [6.07, 6.45) is 1.79. The van der Waals surface area contributed by atoms with Crippen LogP contribution in [0.5, 0.6) is 11.5 Å². The van der Waals surface area contributed by atoms with Crippen LogP contribution >= 0.6 is 0 Å². The van der Waals surface area contributed by atoms with Crippen LogP contribution in [0.2, 0.25) is 0 Å². The van der Waals surface area contributed by atoms with E-state index in [4.69, 9.17) is 9.47 Å². The maximum atomic E-state index is 14.1. The Bertz CT molecular complexity index is 1380. The van der Waals surface area contributed by atoms with Crippen LogP contribution in [-0.4, -0.2) is 28.2 Å². The molecule has 0 saturated heterocycles. The summed E-state index contributed by atoms with van der Waals surface area (Å²) in [6, 6.07) is 19.4. The molecule has 1 N–H and O–H groups in total. The van der Waals surface area contributed by atoms with E-state index in [9.17, 15) is 9.50 Å². The molecule has 0 saturated carbocycles. The Balaban J connectivity index is 0.00000253. The number of aliphatic hydroxyl groups excluding tert-OH is 1. The second-order valence-electron chi connectivity index (χ2n) is 9.03. The number of methoxy groups -OCH3 is 1. The SMILES string of the molecule is C.COc1cc2c(cc1OCc1ccccc1F)C1Cc3c(n(CO)c4ccccc34)CN1CC2. The second kappa shape index (κ2) is 9.36. The highest BCUT2D eigenvalue weighted by atomic mass is 19.1. The first kappa shape index (κ1) is 23.4. The molecule has 2 aliphatic heterocycles. The molecule has 35 heavy (non-hydrogen) atoms. The molecule has 0 aliphatic carbocycles. The number of fused-ring (bicyclic) bond motifs is 6. The summed E-state index contributed by atoms with van der Waals surface area (Å²) >= 11 is 0. The van der Waals surface area contributed by atoms with Crippen LogP contribution < -0.4 is 9.47 Å². The summed E-state index contributed by atoms with van der Waals surface area (Å²) in [4.78, 5) is 2.49. The van der Waals surface area contributed by atoms with E-state index in [0.29, 0.717) is 17.1 Å². The van der Waals surface area contributed by atoms with Gasteiger partial charge in [0.1, 0.15) is 19.2 Å².